The van der Waals surface area contributed by atoms with Crippen LogP contribution in [0.3, 0.4) is 0 Å². The van der Waals surface area contributed by atoms with Crippen molar-refractivity contribution < 1.29 is 9.21 Å². The number of furan rings is 1. The van der Waals surface area contributed by atoms with Crippen molar-refractivity contribution in [3.05, 3.63) is 60.4 Å². The molecule has 2 aromatic carbocycles. The highest BCUT2D eigenvalue weighted by Crippen LogP contribution is 2.35. The maximum Gasteiger partial charge on any atom is 0.251 e. The number of para-hydroxylation sites is 2. The van der Waals surface area contributed by atoms with Gasteiger partial charge in [-0.25, -0.2) is 0 Å². The second-order valence-corrected chi connectivity index (χ2v) is 4.80. The number of hydrogen-bond donors (Lipinski definition) is 2. The Balaban J connectivity index is 1.74. The van der Waals surface area contributed by atoms with E-state index in [4.69, 9.17) is 4.42 Å². The Morgan fingerprint density at radius 3 is 2.80 bits per heavy atom. The molecule has 1 aliphatic rings. The summed E-state index contributed by atoms with van der Waals surface area (Å²) in [5.41, 5.74) is 3.46. The number of amides is 1. The van der Waals surface area contributed by atoms with Crippen LogP contribution in [0.1, 0.15) is 11.6 Å². The summed E-state index contributed by atoms with van der Waals surface area (Å²) in [5, 5.41) is 7.12. The molecular formula is C16H12N2O2. The third kappa shape index (κ3) is 1.58. The minimum atomic E-state index is -0.382. The lowest BCUT2D eigenvalue weighted by Crippen LogP contribution is -2.19. The molecule has 4 rings (SSSR count). The van der Waals surface area contributed by atoms with Crippen molar-refractivity contribution in [1.82, 2.24) is 0 Å². The van der Waals surface area contributed by atoms with Crippen LogP contribution in [0, 0.1) is 0 Å². The van der Waals surface area contributed by atoms with Crippen LogP contribution in [0.25, 0.3) is 11.0 Å². The van der Waals surface area contributed by atoms with Crippen molar-refractivity contribution in [3.63, 3.8) is 0 Å². The highest BCUT2D eigenvalue weighted by atomic mass is 16.3. The highest BCUT2D eigenvalue weighted by Gasteiger charge is 2.30. The number of carbonyl (C=O) groups is 1. The maximum absolute atomic E-state index is 12.1. The SMILES string of the molecule is O=C1Nc2ccccc2C1Nc1coc2ccccc12. The van der Waals surface area contributed by atoms with Gasteiger partial charge in [-0.2, -0.15) is 0 Å². The van der Waals surface area contributed by atoms with E-state index in [0.717, 1.165) is 27.9 Å². The number of nitrogens with one attached hydrogen (secondary N) is 2. The van der Waals surface area contributed by atoms with Crippen LogP contribution in [0.2, 0.25) is 0 Å². The van der Waals surface area contributed by atoms with Crippen molar-refractivity contribution in [2.24, 2.45) is 0 Å². The molecule has 3 aromatic rings. The molecular weight excluding hydrogens is 252 g/mol. The van der Waals surface area contributed by atoms with E-state index in [1.807, 2.05) is 48.5 Å². The van der Waals surface area contributed by atoms with Gasteiger partial charge in [0.25, 0.3) is 5.91 Å². The molecule has 1 amide bonds. The first-order chi connectivity index (χ1) is 9.83. The molecule has 20 heavy (non-hydrogen) atoms. The zero-order chi connectivity index (χ0) is 13.5. The average molecular weight is 264 g/mol. The maximum atomic E-state index is 12.1. The van der Waals surface area contributed by atoms with E-state index < -0.39 is 0 Å². The van der Waals surface area contributed by atoms with E-state index >= 15 is 0 Å². The van der Waals surface area contributed by atoms with E-state index in [1.54, 1.807) is 6.26 Å². The summed E-state index contributed by atoms with van der Waals surface area (Å²) in [6.07, 6.45) is 1.65. The first kappa shape index (κ1) is 11.1. The van der Waals surface area contributed by atoms with Gasteiger partial charge in [-0.3, -0.25) is 4.79 Å². The Hall–Kier alpha value is -2.75. The van der Waals surface area contributed by atoms with Crippen molar-refractivity contribution in [2.45, 2.75) is 6.04 Å². The van der Waals surface area contributed by atoms with Gasteiger partial charge in [-0.15, -0.1) is 0 Å². The fraction of sp³-hybridized carbons (Fsp3) is 0.0625. The van der Waals surface area contributed by atoms with E-state index in [9.17, 15) is 4.79 Å². The Kier molecular flexibility index (Phi) is 2.29. The molecule has 0 saturated heterocycles. The molecule has 0 radical (unpaired) electrons. The monoisotopic (exact) mass is 264 g/mol. The lowest BCUT2D eigenvalue weighted by atomic mass is 10.1. The predicted molar refractivity (Wildman–Crippen MR) is 77.6 cm³/mol. The van der Waals surface area contributed by atoms with Crippen molar-refractivity contribution in [3.8, 4) is 0 Å². The van der Waals surface area contributed by atoms with Gasteiger partial charge in [0.1, 0.15) is 17.9 Å². The molecule has 0 bridgehead atoms. The molecule has 0 aliphatic carbocycles. The van der Waals surface area contributed by atoms with Crippen LogP contribution < -0.4 is 10.6 Å². The zero-order valence-corrected chi connectivity index (χ0v) is 10.6. The first-order valence-corrected chi connectivity index (χ1v) is 6.45. The molecule has 2 heterocycles. The molecule has 0 fully saturated rings. The summed E-state index contributed by atoms with van der Waals surface area (Å²) in [4.78, 5) is 12.1. The van der Waals surface area contributed by atoms with Crippen LogP contribution in [-0.2, 0) is 4.79 Å². The lowest BCUT2D eigenvalue weighted by molar-refractivity contribution is -0.116. The second kappa shape index (κ2) is 4.13. The van der Waals surface area contributed by atoms with Gasteiger partial charge in [0.05, 0.1) is 5.69 Å². The van der Waals surface area contributed by atoms with Crippen LogP contribution in [0.5, 0.6) is 0 Å². The van der Waals surface area contributed by atoms with Gasteiger partial charge < -0.3 is 15.1 Å². The molecule has 0 saturated carbocycles. The number of benzene rings is 2. The molecule has 0 spiro atoms. The topological polar surface area (TPSA) is 54.3 Å². The Bertz CT molecular complexity index is 807. The molecule has 4 heteroatoms. The Labute approximate surface area is 115 Å². The van der Waals surface area contributed by atoms with Crippen LogP contribution >= 0.6 is 0 Å². The van der Waals surface area contributed by atoms with Gasteiger partial charge in [0.15, 0.2) is 0 Å². The molecule has 4 nitrogen and oxygen atoms in total. The molecule has 1 atom stereocenters. The van der Waals surface area contributed by atoms with Crippen LogP contribution in [-0.4, -0.2) is 5.91 Å². The summed E-state index contributed by atoms with van der Waals surface area (Å²) < 4.78 is 5.49. The van der Waals surface area contributed by atoms with Gasteiger partial charge in [0, 0.05) is 16.6 Å². The van der Waals surface area contributed by atoms with Gasteiger partial charge in [-0.05, 0) is 18.2 Å². The Morgan fingerprint density at radius 2 is 1.85 bits per heavy atom. The van der Waals surface area contributed by atoms with E-state index in [-0.39, 0.29) is 11.9 Å². The predicted octanol–water partition coefficient (Wildman–Crippen LogP) is 3.54. The van der Waals surface area contributed by atoms with Crippen molar-refractivity contribution in [2.75, 3.05) is 10.6 Å². The fourth-order valence-corrected chi connectivity index (χ4v) is 2.60. The number of rotatable bonds is 2. The average Bonchev–Trinajstić information content (AvgIpc) is 3.02. The fourth-order valence-electron chi connectivity index (χ4n) is 2.60. The minimum Gasteiger partial charge on any atom is -0.462 e. The zero-order valence-electron chi connectivity index (χ0n) is 10.6. The van der Waals surface area contributed by atoms with Gasteiger partial charge in [0.2, 0.25) is 0 Å². The molecule has 2 N–H and O–H groups in total. The third-order valence-electron chi connectivity index (χ3n) is 3.57. The van der Waals surface area contributed by atoms with E-state index in [0.29, 0.717) is 0 Å². The highest BCUT2D eigenvalue weighted by molar-refractivity contribution is 6.05. The van der Waals surface area contributed by atoms with E-state index in [2.05, 4.69) is 10.6 Å². The number of anilines is 2. The van der Waals surface area contributed by atoms with Crippen LogP contribution in [0.4, 0.5) is 11.4 Å². The molecule has 1 aromatic heterocycles. The summed E-state index contributed by atoms with van der Waals surface area (Å²) in [6, 6.07) is 15.1. The lowest BCUT2D eigenvalue weighted by Gasteiger charge is -2.11. The standard InChI is InChI=1S/C16H12N2O2/c19-16-15(11-6-1-3-7-12(11)18-16)17-13-9-20-14-8-4-2-5-10(13)14/h1-9,15,17H,(H,18,19). The third-order valence-corrected chi connectivity index (χ3v) is 3.57. The minimum absolute atomic E-state index is 0.0449. The number of hydrogen-bond acceptors (Lipinski definition) is 3. The summed E-state index contributed by atoms with van der Waals surface area (Å²) >= 11 is 0. The molecule has 1 aliphatic heterocycles. The van der Waals surface area contributed by atoms with Gasteiger partial charge >= 0.3 is 0 Å². The van der Waals surface area contributed by atoms with Crippen molar-refractivity contribution in [1.29, 1.82) is 0 Å². The van der Waals surface area contributed by atoms with Gasteiger partial charge in [-0.1, -0.05) is 30.3 Å². The quantitative estimate of drug-likeness (QED) is 0.744. The largest absolute Gasteiger partial charge is 0.462 e. The Morgan fingerprint density at radius 1 is 1.05 bits per heavy atom. The number of fused-ring (bicyclic) bond motifs is 2. The second-order valence-electron chi connectivity index (χ2n) is 4.80. The van der Waals surface area contributed by atoms with E-state index in [1.165, 1.54) is 0 Å². The summed E-state index contributed by atoms with van der Waals surface area (Å²) in [5.74, 6) is -0.0449. The molecule has 98 valence electrons. The summed E-state index contributed by atoms with van der Waals surface area (Å²) in [7, 11) is 0. The number of carbonyl (C=O) groups excluding carboxylic acids is 1. The van der Waals surface area contributed by atoms with Crippen molar-refractivity contribution >= 4 is 28.3 Å². The smallest absolute Gasteiger partial charge is 0.251 e. The summed E-state index contributed by atoms with van der Waals surface area (Å²) in [6.45, 7) is 0. The normalized spacial score (nSPS) is 17.0. The van der Waals surface area contributed by atoms with Crippen LogP contribution in [0.15, 0.2) is 59.2 Å². The first-order valence-electron chi connectivity index (χ1n) is 6.45. The molecule has 1 unspecified atom stereocenters.